The fourth-order valence-electron chi connectivity index (χ4n) is 2.54. The Balaban J connectivity index is 2.01. The van der Waals surface area contributed by atoms with Crippen molar-refractivity contribution in [3.8, 4) is 0 Å². The van der Waals surface area contributed by atoms with Crippen molar-refractivity contribution in [3.05, 3.63) is 29.3 Å². The Labute approximate surface area is 122 Å². The van der Waals surface area contributed by atoms with E-state index in [1.807, 2.05) is 4.90 Å². The number of amides is 1. The molecule has 0 bridgehead atoms. The summed E-state index contributed by atoms with van der Waals surface area (Å²) in [6.45, 7) is 3.55. The Morgan fingerprint density at radius 1 is 1.19 bits per heavy atom. The van der Waals surface area contributed by atoms with Crippen molar-refractivity contribution >= 4 is 11.6 Å². The molecule has 0 spiro atoms. The molecule has 1 aromatic carbocycles. The lowest BCUT2D eigenvalue weighted by molar-refractivity contribution is -0.137. The van der Waals surface area contributed by atoms with Crippen molar-refractivity contribution in [1.29, 1.82) is 0 Å². The molecule has 1 fully saturated rings. The average Bonchev–Trinajstić information content (AvgIpc) is 2.37. The van der Waals surface area contributed by atoms with Crippen LogP contribution in [0.2, 0.25) is 0 Å². The SMILES string of the molecule is Cc1cc(NC(=O)CN2CCCCC2)cc(C(F)(F)F)c1. The van der Waals surface area contributed by atoms with E-state index in [0.717, 1.165) is 38.1 Å². The zero-order valence-electron chi connectivity index (χ0n) is 12.0. The van der Waals surface area contributed by atoms with Gasteiger partial charge < -0.3 is 5.32 Å². The molecule has 0 saturated carbocycles. The van der Waals surface area contributed by atoms with Crippen molar-refractivity contribution in [1.82, 2.24) is 4.90 Å². The summed E-state index contributed by atoms with van der Waals surface area (Å²) in [6.07, 6.45) is -1.10. The van der Waals surface area contributed by atoms with E-state index in [1.165, 1.54) is 6.42 Å². The summed E-state index contributed by atoms with van der Waals surface area (Å²) < 4.78 is 38.2. The lowest BCUT2D eigenvalue weighted by Crippen LogP contribution is -2.36. The molecular weight excluding hydrogens is 281 g/mol. The first-order valence-corrected chi connectivity index (χ1v) is 7.06. The third-order valence-electron chi connectivity index (χ3n) is 3.50. The number of piperidine rings is 1. The summed E-state index contributed by atoms with van der Waals surface area (Å²) in [6, 6.07) is 3.59. The topological polar surface area (TPSA) is 32.3 Å². The van der Waals surface area contributed by atoms with Crippen molar-refractivity contribution < 1.29 is 18.0 Å². The number of alkyl halides is 3. The molecule has 1 aliphatic rings. The standard InChI is InChI=1S/C15H19F3N2O/c1-11-7-12(15(16,17)18)9-13(8-11)19-14(21)10-20-5-3-2-4-6-20/h7-9H,2-6,10H2,1H3,(H,19,21). The molecule has 1 amide bonds. The Kier molecular flexibility index (Phi) is 4.88. The van der Waals surface area contributed by atoms with Gasteiger partial charge in [-0.05, 0) is 56.6 Å². The number of hydrogen-bond acceptors (Lipinski definition) is 2. The van der Waals surface area contributed by atoms with Crippen molar-refractivity contribution in [2.24, 2.45) is 0 Å². The van der Waals surface area contributed by atoms with E-state index in [2.05, 4.69) is 5.32 Å². The molecule has 0 aromatic heterocycles. The normalized spacial score (nSPS) is 16.8. The highest BCUT2D eigenvalue weighted by atomic mass is 19.4. The molecule has 2 rings (SSSR count). The van der Waals surface area contributed by atoms with Crippen LogP contribution in [0.15, 0.2) is 18.2 Å². The highest BCUT2D eigenvalue weighted by molar-refractivity contribution is 5.92. The number of halogens is 3. The smallest absolute Gasteiger partial charge is 0.325 e. The summed E-state index contributed by atoms with van der Waals surface area (Å²) in [4.78, 5) is 13.9. The molecule has 0 radical (unpaired) electrons. The van der Waals surface area contributed by atoms with Crippen LogP contribution in [0, 0.1) is 6.92 Å². The van der Waals surface area contributed by atoms with E-state index in [1.54, 1.807) is 13.0 Å². The van der Waals surface area contributed by atoms with Crippen LogP contribution >= 0.6 is 0 Å². The number of rotatable bonds is 3. The van der Waals surface area contributed by atoms with Crippen molar-refractivity contribution in [2.45, 2.75) is 32.4 Å². The third kappa shape index (κ3) is 4.74. The van der Waals surface area contributed by atoms with Gasteiger partial charge in [0.1, 0.15) is 0 Å². The number of nitrogens with one attached hydrogen (secondary N) is 1. The van der Waals surface area contributed by atoms with Crippen LogP contribution in [0.5, 0.6) is 0 Å². The molecule has 3 nitrogen and oxygen atoms in total. The van der Waals surface area contributed by atoms with E-state index in [9.17, 15) is 18.0 Å². The fourth-order valence-corrected chi connectivity index (χ4v) is 2.54. The van der Waals surface area contributed by atoms with E-state index in [-0.39, 0.29) is 18.1 Å². The number of hydrogen-bond donors (Lipinski definition) is 1. The summed E-state index contributed by atoms with van der Waals surface area (Å²) >= 11 is 0. The number of carbonyl (C=O) groups is 1. The first-order chi connectivity index (χ1) is 9.84. The molecule has 21 heavy (non-hydrogen) atoms. The van der Waals surface area contributed by atoms with Gasteiger partial charge in [0.25, 0.3) is 0 Å². The summed E-state index contributed by atoms with van der Waals surface area (Å²) in [7, 11) is 0. The van der Waals surface area contributed by atoms with Crippen LogP contribution in [0.25, 0.3) is 0 Å². The van der Waals surface area contributed by atoms with Crippen LogP contribution < -0.4 is 5.32 Å². The number of aryl methyl sites for hydroxylation is 1. The Hall–Kier alpha value is -1.56. The van der Waals surface area contributed by atoms with Crippen molar-refractivity contribution in [3.63, 3.8) is 0 Å². The number of anilines is 1. The van der Waals surface area contributed by atoms with Gasteiger partial charge in [-0.1, -0.05) is 6.42 Å². The molecule has 116 valence electrons. The summed E-state index contributed by atoms with van der Waals surface area (Å²) in [5.74, 6) is -0.268. The van der Waals surface area contributed by atoms with Crippen LogP contribution in [0.4, 0.5) is 18.9 Å². The molecule has 1 aromatic rings. The molecule has 1 aliphatic heterocycles. The lowest BCUT2D eigenvalue weighted by atomic mass is 10.1. The van der Waals surface area contributed by atoms with E-state index in [4.69, 9.17) is 0 Å². The van der Waals surface area contributed by atoms with E-state index >= 15 is 0 Å². The van der Waals surface area contributed by atoms with E-state index < -0.39 is 11.7 Å². The maximum Gasteiger partial charge on any atom is 0.416 e. The largest absolute Gasteiger partial charge is 0.416 e. The second kappa shape index (κ2) is 6.47. The van der Waals surface area contributed by atoms with Gasteiger partial charge in [-0.2, -0.15) is 13.2 Å². The summed E-state index contributed by atoms with van der Waals surface area (Å²) in [5.41, 5.74) is -0.0711. The summed E-state index contributed by atoms with van der Waals surface area (Å²) in [5, 5.41) is 2.56. The minimum atomic E-state index is -4.40. The van der Waals surface area contributed by atoms with Crippen LogP contribution in [0.3, 0.4) is 0 Å². The molecule has 1 heterocycles. The van der Waals surface area contributed by atoms with Crippen LogP contribution in [0.1, 0.15) is 30.4 Å². The molecule has 1 N–H and O–H groups in total. The second-order valence-corrected chi connectivity index (χ2v) is 5.47. The first-order valence-electron chi connectivity index (χ1n) is 7.06. The predicted molar refractivity (Wildman–Crippen MR) is 75.1 cm³/mol. The Morgan fingerprint density at radius 3 is 2.48 bits per heavy atom. The minimum absolute atomic E-state index is 0.198. The van der Waals surface area contributed by atoms with Gasteiger partial charge >= 0.3 is 6.18 Å². The van der Waals surface area contributed by atoms with Crippen LogP contribution in [-0.2, 0) is 11.0 Å². The van der Waals surface area contributed by atoms with Crippen molar-refractivity contribution in [2.75, 3.05) is 25.0 Å². The third-order valence-corrected chi connectivity index (χ3v) is 3.50. The van der Waals surface area contributed by atoms with Gasteiger partial charge in [0.15, 0.2) is 0 Å². The maximum atomic E-state index is 12.7. The van der Waals surface area contributed by atoms with Gasteiger partial charge in [0.2, 0.25) is 5.91 Å². The van der Waals surface area contributed by atoms with Gasteiger partial charge in [0.05, 0.1) is 12.1 Å². The number of carbonyl (C=O) groups excluding carboxylic acids is 1. The fraction of sp³-hybridized carbons (Fsp3) is 0.533. The number of nitrogens with zero attached hydrogens (tertiary/aromatic N) is 1. The first kappa shape index (κ1) is 15.8. The predicted octanol–water partition coefficient (Wildman–Crippen LogP) is 3.44. The van der Waals surface area contributed by atoms with Gasteiger partial charge in [-0.25, -0.2) is 0 Å². The van der Waals surface area contributed by atoms with Gasteiger partial charge in [-0.15, -0.1) is 0 Å². The average molecular weight is 300 g/mol. The van der Waals surface area contributed by atoms with Gasteiger partial charge in [-0.3, -0.25) is 9.69 Å². The molecule has 0 atom stereocenters. The number of benzene rings is 1. The second-order valence-electron chi connectivity index (χ2n) is 5.47. The zero-order valence-corrected chi connectivity index (χ0v) is 12.0. The molecule has 0 aliphatic carbocycles. The highest BCUT2D eigenvalue weighted by Crippen LogP contribution is 2.31. The monoisotopic (exact) mass is 300 g/mol. The molecule has 1 saturated heterocycles. The Morgan fingerprint density at radius 2 is 1.86 bits per heavy atom. The minimum Gasteiger partial charge on any atom is -0.325 e. The number of likely N-dealkylation sites (tertiary alicyclic amines) is 1. The van der Waals surface area contributed by atoms with Crippen LogP contribution in [-0.4, -0.2) is 30.4 Å². The molecular formula is C15H19F3N2O. The maximum absolute atomic E-state index is 12.7. The highest BCUT2D eigenvalue weighted by Gasteiger charge is 2.31. The Bertz CT molecular complexity index is 508. The zero-order chi connectivity index (χ0) is 15.5. The quantitative estimate of drug-likeness (QED) is 0.927. The molecule has 6 heteroatoms. The van der Waals surface area contributed by atoms with Gasteiger partial charge in [0, 0.05) is 5.69 Å². The molecule has 0 unspecified atom stereocenters. The lowest BCUT2D eigenvalue weighted by Gasteiger charge is -2.25. The van der Waals surface area contributed by atoms with E-state index in [0.29, 0.717) is 5.56 Å².